The first-order valence-corrected chi connectivity index (χ1v) is 5.46. The summed E-state index contributed by atoms with van der Waals surface area (Å²) in [6, 6.07) is 9.53. The van der Waals surface area contributed by atoms with Crippen molar-refractivity contribution in [2.45, 2.75) is 13.8 Å². The summed E-state index contributed by atoms with van der Waals surface area (Å²) in [6.45, 7) is 3.32. The minimum Gasteiger partial charge on any atom is -0.543 e. The molecule has 0 spiro atoms. The molecule has 2 aromatic rings. The number of nitrogens with zero attached hydrogens (tertiary/aromatic N) is 2. The number of carboxylic acid groups (broad SMARTS) is 1. The number of carbonyl (C=O) groups is 1. The number of pyridine rings is 1. The molecule has 5 nitrogen and oxygen atoms in total. The predicted octanol–water partition coefficient (Wildman–Crippen LogP) is 1.08. The van der Waals surface area contributed by atoms with E-state index in [1.165, 1.54) is 6.92 Å². The van der Waals surface area contributed by atoms with Crippen molar-refractivity contribution in [1.29, 1.82) is 0 Å². The summed E-state index contributed by atoms with van der Waals surface area (Å²) in [5, 5.41) is 15.2. The highest BCUT2D eigenvalue weighted by Gasteiger charge is 2.01. The Morgan fingerprint density at radius 1 is 1.39 bits per heavy atom. The molecule has 0 unspecified atom stereocenters. The first-order chi connectivity index (χ1) is 8.58. The first-order valence-electron chi connectivity index (χ1n) is 5.46. The maximum atomic E-state index is 10.5. The number of carboxylic acids is 1. The van der Waals surface area contributed by atoms with Crippen LogP contribution in [0.1, 0.15) is 12.5 Å². The molecule has 1 aromatic carbocycles. The SMILES string of the molecule is C/C(=N\Nc1cc(C)c2ccccc2n1)C(=O)[O-]. The molecule has 0 saturated heterocycles. The van der Waals surface area contributed by atoms with Crippen LogP contribution in [-0.4, -0.2) is 16.7 Å². The number of aromatic nitrogens is 1. The number of fused-ring (bicyclic) bond motifs is 1. The fourth-order valence-electron chi connectivity index (χ4n) is 1.59. The zero-order valence-electron chi connectivity index (χ0n) is 10.1. The molecule has 18 heavy (non-hydrogen) atoms. The summed E-state index contributed by atoms with van der Waals surface area (Å²) in [5.41, 5.74) is 4.37. The number of hydrogen-bond donors (Lipinski definition) is 1. The number of nitrogens with one attached hydrogen (secondary N) is 1. The lowest BCUT2D eigenvalue weighted by Gasteiger charge is -2.06. The van der Waals surface area contributed by atoms with E-state index in [0.717, 1.165) is 16.5 Å². The van der Waals surface area contributed by atoms with Crippen LogP contribution in [0.25, 0.3) is 10.9 Å². The van der Waals surface area contributed by atoms with Crippen LogP contribution in [-0.2, 0) is 4.79 Å². The van der Waals surface area contributed by atoms with E-state index in [4.69, 9.17) is 0 Å². The lowest BCUT2D eigenvalue weighted by molar-refractivity contribution is -0.294. The van der Waals surface area contributed by atoms with Gasteiger partial charge in [-0.05, 0) is 31.5 Å². The van der Waals surface area contributed by atoms with Crippen molar-refractivity contribution in [3.63, 3.8) is 0 Å². The second-order valence-electron chi connectivity index (χ2n) is 3.94. The Morgan fingerprint density at radius 3 is 2.83 bits per heavy atom. The maximum Gasteiger partial charge on any atom is 0.147 e. The average molecular weight is 242 g/mol. The van der Waals surface area contributed by atoms with Crippen molar-refractivity contribution in [2.75, 3.05) is 5.43 Å². The minimum absolute atomic E-state index is 0.123. The van der Waals surface area contributed by atoms with E-state index in [1.807, 2.05) is 37.3 Å². The van der Waals surface area contributed by atoms with Crippen LogP contribution in [0, 0.1) is 6.92 Å². The van der Waals surface area contributed by atoms with E-state index >= 15 is 0 Å². The normalized spacial score (nSPS) is 11.6. The third kappa shape index (κ3) is 2.45. The predicted molar refractivity (Wildman–Crippen MR) is 68.2 cm³/mol. The summed E-state index contributed by atoms with van der Waals surface area (Å²) in [5.74, 6) is -0.799. The van der Waals surface area contributed by atoms with Crippen molar-refractivity contribution >= 4 is 28.4 Å². The highest BCUT2D eigenvalue weighted by Crippen LogP contribution is 2.19. The van der Waals surface area contributed by atoms with Crippen molar-refractivity contribution in [3.05, 3.63) is 35.9 Å². The van der Waals surface area contributed by atoms with E-state index in [9.17, 15) is 9.90 Å². The van der Waals surface area contributed by atoms with Crippen LogP contribution >= 0.6 is 0 Å². The van der Waals surface area contributed by atoms with Crippen LogP contribution in [0.4, 0.5) is 5.82 Å². The van der Waals surface area contributed by atoms with Crippen molar-refractivity contribution in [1.82, 2.24) is 4.98 Å². The summed E-state index contributed by atoms with van der Waals surface area (Å²) in [4.78, 5) is 14.8. The molecule has 0 saturated carbocycles. The largest absolute Gasteiger partial charge is 0.543 e. The topological polar surface area (TPSA) is 77.4 Å². The molecular weight excluding hydrogens is 230 g/mol. The standard InChI is InChI=1S/C13H13N3O2/c1-8-7-12(16-15-9(2)13(17)18)14-11-6-4-3-5-10(8)11/h3-7H,1-2H3,(H,14,16)(H,17,18)/p-1/b15-9+. The van der Waals surface area contributed by atoms with Gasteiger partial charge in [0.05, 0.1) is 17.2 Å². The number of aryl methyl sites for hydroxylation is 1. The Labute approximate surface area is 104 Å². The summed E-state index contributed by atoms with van der Waals surface area (Å²) >= 11 is 0. The van der Waals surface area contributed by atoms with Crippen LogP contribution in [0.5, 0.6) is 0 Å². The third-order valence-electron chi connectivity index (χ3n) is 2.56. The van der Waals surface area contributed by atoms with Crippen LogP contribution in [0.2, 0.25) is 0 Å². The van der Waals surface area contributed by atoms with Gasteiger partial charge in [-0.25, -0.2) is 4.98 Å². The molecule has 2 rings (SSSR count). The van der Waals surface area contributed by atoms with Gasteiger partial charge in [0.1, 0.15) is 5.82 Å². The summed E-state index contributed by atoms with van der Waals surface area (Å²) in [6.07, 6.45) is 0. The molecule has 0 atom stereocenters. The van der Waals surface area contributed by atoms with Gasteiger partial charge in [-0.3, -0.25) is 5.43 Å². The smallest absolute Gasteiger partial charge is 0.147 e. The van der Waals surface area contributed by atoms with Gasteiger partial charge in [-0.15, -0.1) is 0 Å². The van der Waals surface area contributed by atoms with Crippen LogP contribution in [0.15, 0.2) is 35.4 Å². The Morgan fingerprint density at radius 2 is 2.11 bits per heavy atom. The second-order valence-corrected chi connectivity index (χ2v) is 3.94. The summed E-state index contributed by atoms with van der Waals surface area (Å²) in [7, 11) is 0. The molecule has 1 heterocycles. The van der Waals surface area contributed by atoms with Gasteiger partial charge in [-0.2, -0.15) is 5.10 Å². The van der Waals surface area contributed by atoms with E-state index in [2.05, 4.69) is 15.5 Å². The molecular formula is C13H12N3O2-. The molecule has 0 amide bonds. The Kier molecular flexibility index (Phi) is 3.23. The number of benzene rings is 1. The third-order valence-corrected chi connectivity index (χ3v) is 2.56. The number of aliphatic carboxylic acids is 1. The highest BCUT2D eigenvalue weighted by molar-refractivity contribution is 6.33. The van der Waals surface area contributed by atoms with E-state index in [-0.39, 0.29) is 5.71 Å². The molecule has 92 valence electrons. The number of anilines is 1. The molecule has 1 aromatic heterocycles. The van der Waals surface area contributed by atoms with Gasteiger partial charge in [0, 0.05) is 5.39 Å². The molecule has 0 radical (unpaired) electrons. The molecule has 5 heteroatoms. The number of rotatable bonds is 3. The van der Waals surface area contributed by atoms with Gasteiger partial charge in [0.25, 0.3) is 0 Å². The zero-order valence-corrected chi connectivity index (χ0v) is 10.1. The van der Waals surface area contributed by atoms with E-state index in [0.29, 0.717) is 5.82 Å². The molecule has 0 aliphatic rings. The molecule has 0 aliphatic carbocycles. The number of hydrazone groups is 1. The Balaban J connectivity index is 2.36. The number of hydrogen-bond acceptors (Lipinski definition) is 5. The lowest BCUT2D eigenvalue weighted by atomic mass is 10.1. The fraction of sp³-hybridized carbons (Fsp3) is 0.154. The van der Waals surface area contributed by atoms with Crippen molar-refractivity contribution in [2.24, 2.45) is 5.10 Å². The molecule has 1 N–H and O–H groups in total. The Bertz CT molecular complexity index is 635. The zero-order chi connectivity index (χ0) is 13.1. The van der Waals surface area contributed by atoms with Gasteiger partial charge in [-0.1, -0.05) is 18.2 Å². The van der Waals surface area contributed by atoms with Gasteiger partial charge >= 0.3 is 0 Å². The fourth-order valence-corrected chi connectivity index (χ4v) is 1.59. The Hall–Kier alpha value is -2.43. The van der Waals surface area contributed by atoms with Gasteiger partial charge < -0.3 is 9.90 Å². The molecule has 0 aliphatic heterocycles. The monoisotopic (exact) mass is 242 g/mol. The first kappa shape index (κ1) is 12.0. The van der Waals surface area contributed by atoms with Crippen molar-refractivity contribution in [3.8, 4) is 0 Å². The average Bonchev–Trinajstić information content (AvgIpc) is 2.36. The molecule has 0 bridgehead atoms. The van der Waals surface area contributed by atoms with Gasteiger partial charge in [0.2, 0.25) is 0 Å². The summed E-state index contributed by atoms with van der Waals surface area (Å²) < 4.78 is 0. The minimum atomic E-state index is -1.31. The van der Waals surface area contributed by atoms with E-state index in [1.54, 1.807) is 0 Å². The lowest BCUT2D eigenvalue weighted by Crippen LogP contribution is -2.30. The second kappa shape index (κ2) is 4.83. The maximum absolute atomic E-state index is 10.5. The quantitative estimate of drug-likeness (QED) is 0.645. The van der Waals surface area contributed by atoms with Crippen LogP contribution in [0.3, 0.4) is 0 Å². The number of para-hydroxylation sites is 1. The highest BCUT2D eigenvalue weighted by atomic mass is 16.4. The van der Waals surface area contributed by atoms with E-state index < -0.39 is 5.97 Å². The van der Waals surface area contributed by atoms with Crippen LogP contribution < -0.4 is 10.5 Å². The number of carbonyl (C=O) groups excluding carboxylic acids is 1. The van der Waals surface area contributed by atoms with Gasteiger partial charge in [0.15, 0.2) is 0 Å². The van der Waals surface area contributed by atoms with Crippen molar-refractivity contribution < 1.29 is 9.90 Å². The molecule has 0 fully saturated rings.